The van der Waals surface area contributed by atoms with E-state index in [0.717, 1.165) is 10.3 Å². The second kappa shape index (κ2) is 6.00. The Kier molecular flexibility index (Phi) is 4.92. The Morgan fingerprint density at radius 1 is 1.57 bits per heavy atom. The summed E-state index contributed by atoms with van der Waals surface area (Å²) in [6.07, 6.45) is -0.368. The van der Waals surface area contributed by atoms with Gasteiger partial charge in [-0.2, -0.15) is 8.78 Å². The van der Waals surface area contributed by atoms with Crippen LogP contribution in [0.15, 0.2) is 28.5 Å². The van der Waals surface area contributed by atoms with Gasteiger partial charge < -0.3 is 0 Å². The van der Waals surface area contributed by atoms with Gasteiger partial charge in [-0.3, -0.25) is 10.7 Å². The summed E-state index contributed by atoms with van der Waals surface area (Å²) in [5.41, 5.74) is 2.03. The van der Waals surface area contributed by atoms with Gasteiger partial charge in [0.2, 0.25) is 0 Å². The largest absolute Gasteiger partial charge is 0.290 e. The topological polar surface area (TPSA) is 32.3 Å². The molecule has 0 spiro atoms. The van der Waals surface area contributed by atoms with Crippen molar-refractivity contribution < 1.29 is 14.0 Å². The number of hydrogen-bond acceptors (Lipinski definition) is 4. The van der Waals surface area contributed by atoms with E-state index in [-0.39, 0.29) is 0 Å². The third-order valence-corrected chi connectivity index (χ3v) is 3.60. The van der Waals surface area contributed by atoms with Crippen LogP contribution < -0.4 is 5.48 Å². The van der Waals surface area contributed by atoms with Gasteiger partial charge in [0, 0.05) is 5.75 Å². The van der Waals surface area contributed by atoms with Gasteiger partial charge in [0.1, 0.15) is 5.00 Å². The molecule has 2 nitrogen and oxygen atoms in total. The molecule has 0 saturated carbocycles. The second-order valence-electron chi connectivity index (χ2n) is 2.36. The second-order valence-corrected chi connectivity index (χ2v) is 4.84. The summed E-state index contributed by atoms with van der Waals surface area (Å²) in [6.45, 7) is 0. The Labute approximate surface area is 88.6 Å². The predicted octanol–water partition coefficient (Wildman–Crippen LogP) is 3.81. The minimum atomic E-state index is -1.63. The Balaban J connectivity index is 2.28. The number of nitrogens with one attached hydrogen (secondary N) is 1. The van der Waals surface area contributed by atoms with Gasteiger partial charge in [0.25, 0.3) is 6.08 Å². The molecule has 1 heterocycles. The van der Waals surface area contributed by atoms with E-state index in [2.05, 4.69) is 0 Å². The molecule has 0 saturated heterocycles. The predicted molar refractivity (Wildman–Crippen MR) is 55.4 cm³/mol. The SMILES string of the molecule is ONc1ccc(SCCC=C(F)F)s1. The van der Waals surface area contributed by atoms with Crippen molar-refractivity contribution in [2.75, 3.05) is 11.2 Å². The molecule has 0 unspecified atom stereocenters. The van der Waals surface area contributed by atoms with Crippen molar-refractivity contribution in [2.45, 2.75) is 10.6 Å². The first-order valence-corrected chi connectivity index (χ1v) is 5.66. The van der Waals surface area contributed by atoms with Gasteiger partial charge in [0.05, 0.1) is 4.21 Å². The normalized spacial score (nSPS) is 9.93. The number of thiophene rings is 1. The van der Waals surface area contributed by atoms with Crippen LogP contribution in [0, 0.1) is 0 Å². The summed E-state index contributed by atoms with van der Waals surface area (Å²) in [7, 11) is 0. The van der Waals surface area contributed by atoms with Gasteiger partial charge in [-0.25, -0.2) is 0 Å². The number of anilines is 1. The highest BCUT2D eigenvalue weighted by Crippen LogP contribution is 2.30. The molecular weight excluding hydrogens is 228 g/mol. The first-order valence-electron chi connectivity index (χ1n) is 3.86. The average molecular weight is 237 g/mol. The van der Waals surface area contributed by atoms with Crippen LogP contribution >= 0.6 is 23.1 Å². The zero-order valence-corrected chi connectivity index (χ0v) is 8.80. The van der Waals surface area contributed by atoms with E-state index in [4.69, 9.17) is 5.21 Å². The van der Waals surface area contributed by atoms with Crippen molar-refractivity contribution in [3.63, 3.8) is 0 Å². The van der Waals surface area contributed by atoms with Crippen LogP contribution in [0.5, 0.6) is 0 Å². The van der Waals surface area contributed by atoms with Gasteiger partial charge in [-0.15, -0.1) is 23.1 Å². The fourth-order valence-electron chi connectivity index (χ4n) is 0.785. The first-order chi connectivity index (χ1) is 6.72. The van der Waals surface area contributed by atoms with Gasteiger partial charge in [-0.1, -0.05) is 0 Å². The highest BCUT2D eigenvalue weighted by molar-refractivity contribution is 8.01. The van der Waals surface area contributed by atoms with Crippen LogP contribution in [0.25, 0.3) is 0 Å². The molecule has 6 heteroatoms. The molecule has 1 rings (SSSR count). The number of thioether (sulfide) groups is 1. The Morgan fingerprint density at radius 3 is 2.93 bits per heavy atom. The van der Waals surface area contributed by atoms with Crippen molar-refractivity contribution in [1.82, 2.24) is 0 Å². The number of hydrogen-bond donors (Lipinski definition) is 2. The molecule has 0 aliphatic carbocycles. The van der Waals surface area contributed by atoms with Crippen LogP contribution in [0.4, 0.5) is 13.8 Å². The number of rotatable bonds is 5. The highest BCUT2D eigenvalue weighted by atomic mass is 32.2. The molecule has 78 valence electrons. The van der Waals surface area contributed by atoms with E-state index in [0.29, 0.717) is 17.2 Å². The number of halogens is 2. The van der Waals surface area contributed by atoms with Crippen molar-refractivity contribution in [2.24, 2.45) is 0 Å². The Hall–Kier alpha value is -0.590. The average Bonchev–Trinajstić information content (AvgIpc) is 2.60. The maximum absolute atomic E-state index is 11.6. The summed E-state index contributed by atoms with van der Waals surface area (Å²) in [5, 5.41) is 9.19. The molecule has 0 fully saturated rings. The Morgan fingerprint density at radius 2 is 2.36 bits per heavy atom. The molecule has 0 aliphatic rings. The molecule has 1 aromatic rings. The number of allylic oxidation sites excluding steroid dienone is 1. The summed E-state index contributed by atoms with van der Waals surface area (Å²) in [4.78, 5) is 0. The van der Waals surface area contributed by atoms with Crippen molar-refractivity contribution in [3.05, 3.63) is 24.3 Å². The standard InChI is InChI=1S/C8H9F2NOS2/c9-6(10)2-1-5-13-8-4-3-7(11-12)14-8/h2-4,11-12H,1,5H2. The molecule has 0 amide bonds. The molecule has 0 aliphatic heterocycles. The van der Waals surface area contributed by atoms with Crippen molar-refractivity contribution in [3.8, 4) is 0 Å². The molecule has 0 bridgehead atoms. The lowest BCUT2D eigenvalue weighted by Crippen LogP contribution is -1.81. The quantitative estimate of drug-likeness (QED) is 0.464. The summed E-state index contributed by atoms with van der Waals surface area (Å²) < 4.78 is 24.3. The van der Waals surface area contributed by atoms with Crippen molar-refractivity contribution in [1.29, 1.82) is 0 Å². The van der Waals surface area contributed by atoms with Crippen molar-refractivity contribution >= 4 is 28.1 Å². The minimum absolute atomic E-state index is 0.354. The van der Waals surface area contributed by atoms with E-state index in [1.807, 2.05) is 11.5 Å². The van der Waals surface area contributed by atoms with Crippen LogP contribution in [0.3, 0.4) is 0 Å². The highest BCUT2D eigenvalue weighted by Gasteiger charge is 1.99. The maximum Gasteiger partial charge on any atom is 0.266 e. The van der Waals surface area contributed by atoms with Crippen LogP contribution in [-0.2, 0) is 0 Å². The Bertz CT molecular complexity index is 310. The lowest BCUT2D eigenvalue weighted by molar-refractivity contribution is 0.391. The molecule has 0 radical (unpaired) electrons. The maximum atomic E-state index is 11.6. The summed E-state index contributed by atoms with van der Waals surface area (Å²) in [5.74, 6) is 0.614. The monoisotopic (exact) mass is 237 g/mol. The lowest BCUT2D eigenvalue weighted by atomic mass is 10.5. The van der Waals surface area contributed by atoms with Gasteiger partial charge >= 0.3 is 0 Å². The molecule has 0 aromatic carbocycles. The zero-order chi connectivity index (χ0) is 10.4. The van der Waals surface area contributed by atoms with Crippen LogP contribution in [0.2, 0.25) is 0 Å². The third kappa shape index (κ3) is 4.08. The van der Waals surface area contributed by atoms with E-state index < -0.39 is 6.08 Å². The minimum Gasteiger partial charge on any atom is -0.290 e. The van der Waals surface area contributed by atoms with E-state index in [1.165, 1.54) is 23.1 Å². The first kappa shape index (κ1) is 11.5. The molecule has 0 atom stereocenters. The fourth-order valence-corrected chi connectivity index (χ4v) is 2.68. The fraction of sp³-hybridized carbons (Fsp3) is 0.250. The third-order valence-electron chi connectivity index (χ3n) is 1.35. The van der Waals surface area contributed by atoms with E-state index in [1.54, 1.807) is 6.07 Å². The molecule has 2 N–H and O–H groups in total. The van der Waals surface area contributed by atoms with E-state index in [9.17, 15) is 8.78 Å². The zero-order valence-electron chi connectivity index (χ0n) is 7.17. The van der Waals surface area contributed by atoms with Crippen LogP contribution in [0.1, 0.15) is 6.42 Å². The smallest absolute Gasteiger partial charge is 0.266 e. The lowest BCUT2D eigenvalue weighted by Gasteiger charge is -1.93. The van der Waals surface area contributed by atoms with E-state index >= 15 is 0 Å². The molecular formula is C8H9F2NOS2. The summed E-state index contributed by atoms with van der Waals surface area (Å²) in [6, 6.07) is 3.57. The van der Waals surface area contributed by atoms with Crippen LogP contribution in [-0.4, -0.2) is 11.0 Å². The van der Waals surface area contributed by atoms with Gasteiger partial charge in [0.15, 0.2) is 0 Å². The molecule has 1 aromatic heterocycles. The van der Waals surface area contributed by atoms with Gasteiger partial charge in [-0.05, 0) is 24.6 Å². The summed E-state index contributed by atoms with van der Waals surface area (Å²) >= 11 is 2.87. The molecule has 14 heavy (non-hydrogen) atoms.